The number of aliphatic hydroxyl groups excluding tert-OH is 1. The molecule has 1 fully saturated rings. The molecule has 21 heavy (non-hydrogen) atoms. The van der Waals surface area contributed by atoms with Crippen LogP contribution in [0.5, 0.6) is 0 Å². The molecule has 8 heteroatoms. The molecule has 0 spiro atoms. The van der Waals surface area contributed by atoms with Crippen LogP contribution in [0.1, 0.15) is 5.56 Å². The van der Waals surface area contributed by atoms with Gasteiger partial charge in [-0.2, -0.15) is 0 Å². The van der Waals surface area contributed by atoms with E-state index in [0.717, 1.165) is 5.56 Å². The van der Waals surface area contributed by atoms with Gasteiger partial charge in [0.2, 0.25) is 0 Å². The van der Waals surface area contributed by atoms with Crippen LogP contribution in [0.15, 0.2) is 24.3 Å². The average molecular weight is 334 g/mol. The summed E-state index contributed by atoms with van der Waals surface area (Å²) in [6.07, 6.45) is -1.08. The quantitative estimate of drug-likeness (QED) is 0.809. The van der Waals surface area contributed by atoms with Crippen LogP contribution < -0.4 is 0 Å². The fourth-order valence-electron chi connectivity index (χ4n) is 2.49. The molecule has 0 aliphatic carbocycles. The van der Waals surface area contributed by atoms with E-state index < -0.39 is 28.0 Å². The fourth-order valence-corrected chi connectivity index (χ4v) is 4.54. The maximum atomic E-state index is 11.6. The summed E-state index contributed by atoms with van der Waals surface area (Å²) in [6.45, 7) is -0.131. The second kappa shape index (κ2) is 6.31. The second-order valence-electron chi connectivity index (χ2n) is 5.14. The molecule has 2 atom stereocenters. The molecule has 0 aromatic heterocycles. The largest absolute Gasteiger partial charge is 0.480 e. The number of carboxylic acids is 1. The number of carbonyl (C=O) groups is 1. The number of sulfone groups is 1. The van der Waals surface area contributed by atoms with E-state index in [1.807, 2.05) is 0 Å². The highest BCUT2D eigenvalue weighted by molar-refractivity contribution is 7.91. The van der Waals surface area contributed by atoms with Crippen LogP contribution in [0.25, 0.3) is 0 Å². The molecule has 1 heterocycles. The monoisotopic (exact) mass is 333 g/mol. The van der Waals surface area contributed by atoms with E-state index in [1.165, 1.54) is 4.90 Å². The van der Waals surface area contributed by atoms with Gasteiger partial charge in [0.15, 0.2) is 9.84 Å². The number of rotatable bonds is 5. The van der Waals surface area contributed by atoms with Gasteiger partial charge >= 0.3 is 5.97 Å². The Bertz CT molecular complexity index is 633. The first kappa shape index (κ1) is 16.2. The van der Waals surface area contributed by atoms with E-state index >= 15 is 0 Å². The lowest BCUT2D eigenvalue weighted by molar-refractivity contribution is -0.139. The van der Waals surface area contributed by atoms with Crippen LogP contribution in [0, 0.1) is 0 Å². The Balaban J connectivity index is 2.20. The minimum atomic E-state index is -3.34. The van der Waals surface area contributed by atoms with Crippen LogP contribution in [-0.2, 0) is 21.2 Å². The number of carboxylic acid groups (broad SMARTS) is 1. The predicted molar refractivity (Wildman–Crippen MR) is 77.9 cm³/mol. The van der Waals surface area contributed by atoms with Crippen molar-refractivity contribution < 1.29 is 23.4 Å². The molecular weight excluding hydrogens is 318 g/mol. The van der Waals surface area contributed by atoms with E-state index in [0.29, 0.717) is 5.02 Å². The van der Waals surface area contributed by atoms with Gasteiger partial charge in [-0.25, -0.2) is 8.42 Å². The Morgan fingerprint density at radius 2 is 2.10 bits per heavy atom. The predicted octanol–water partition coefficient (Wildman–Crippen LogP) is 0.385. The van der Waals surface area contributed by atoms with Crippen molar-refractivity contribution >= 4 is 27.4 Å². The van der Waals surface area contributed by atoms with Gasteiger partial charge in [0.1, 0.15) is 0 Å². The highest BCUT2D eigenvalue weighted by Crippen LogP contribution is 2.21. The molecule has 0 amide bonds. The van der Waals surface area contributed by atoms with E-state index in [9.17, 15) is 18.3 Å². The van der Waals surface area contributed by atoms with Crippen molar-refractivity contribution in [2.45, 2.75) is 18.7 Å². The standard InChI is InChI=1S/C13H16ClNO5S/c14-10-3-1-2-9(4-10)5-15(6-13(17)18)11-7-21(19,20)8-12(11)16/h1-4,11-12,16H,5-8H2,(H,17,18)/t11-,12+/m0/s1. The molecule has 1 aromatic rings. The van der Waals surface area contributed by atoms with Gasteiger partial charge in [-0.3, -0.25) is 9.69 Å². The number of aliphatic carboxylic acids is 1. The number of aliphatic hydroxyl groups is 1. The van der Waals surface area contributed by atoms with Gasteiger partial charge < -0.3 is 10.2 Å². The molecule has 6 nitrogen and oxygen atoms in total. The molecule has 2 N–H and O–H groups in total. The molecule has 0 unspecified atom stereocenters. The van der Waals surface area contributed by atoms with Crippen molar-refractivity contribution in [3.63, 3.8) is 0 Å². The highest BCUT2D eigenvalue weighted by atomic mass is 35.5. The average Bonchev–Trinajstić information content (AvgIpc) is 2.61. The molecule has 1 saturated heterocycles. The zero-order chi connectivity index (χ0) is 15.6. The lowest BCUT2D eigenvalue weighted by atomic mass is 10.1. The first-order chi connectivity index (χ1) is 9.77. The van der Waals surface area contributed by atoms with Gasteiger partial charge in [0.25, 0.3) is 0 Å². The van der Waals surface area contributed by atoms with Crippen molar-refractivity contribution in [3.8, 4) is 0 Å². The summed E-state index contributed by atoms with van der Waals surface area (Å²) >= 11 is 5.89. The smallest absolute Gasteiger partial charge is 0.317 e. The third-order valence-corrected chi connectivity index (χ3v) is 5.31. The van der Waals surface area contributed by atoms with Crippen molar-refractivity contribution in [2.24, 2.45) is 0 Å². The third-order valence-electron chi connectivity index (χ3n) is 3.38. The summed E-state index contributed by atoms with van der Waals surface area (Å²) in [5.41, 5.74) is 0.764. The molecule has 0 radical (unpaired) electrons. The topological polar surface area (TPSA) is 94.9 Å². The van der Waals surface area contributed by atoms with Gasteiger partial charge in [-0.15, -0.1) is 0 Å². The number of hydrogen-bond donors (Lipinski definition) is 2. The van der Waals surface area contributed by atoms with Crippen molar-refractivity contribution in [1.82, 2.24) is 4.90 Å². The van der Waals surface area contributed by atoms with E-state index in [-0.39, 0.29) is 24.6 Å². The van der Waals surface area contributed by atoms with E-state index in [1.54, 1.807) is 24.3 Å². The number of hydrogen-bond acceptors (Lipinski definition) is 5. The summed E-state index contributed by atoms with van der Waals surface area (Å²) in [6, 6.07) is 6.17. The molecule has 1 aliphatic rings. The van der Waals surface area contributed by atoms with Crippen molar-refractivity contribution in [2.75, 3.05) is 18.1 Å². The summed E-state index contributed by atoms with van der Waals surface area (Å²) < 4.78 is 23.2. The zero-order valence-electron chi connectivity index (χ0n) is 11.1. The van der Waals surface area contributed by atoms with Crippen LogP contribution >= 0.6 is 11.6 Å². The van der Waals surface area contributed by atoms with Crippen molar-refractivity contribution in [1.29, 1.82) is 0 Å². The molecule has 0 bridgehead atoms. The number of benzene rings is 1. The summed E-state index contributed by atoms with van der Waals surface area (Å²) in [5, 5.41) is 19.4. The molecule has 1 aliphatic heterocycles. The van der Waals surface area contributed by atoms with Gasteiger partial charge in [-0.1, -0.05) is 23.7 Å². The normalized spacial score (nSPS) is 24.3. The van der Waals surface area contributed by atoms with Crippen LogP contribution in [0.4, 0.5) is 0 Å². The first-order valence-corrected chi connectivity index (χ1v) is 8.55. The zero-order valence-corrected chi connectivity index (χ0v) is 12.7. The SMILES string of the molecule is O=C(O)CN(Cc1cccc(Cl)c1)[C@H]1CS(=O)(=O)C[C@H]1O. The van der Waals surface area contributed by atoms with E-state index in [4.69, 9.17) is 16.7 Å². The lowest BCUT2D eigenvalue weighted by Crippen LogP contribution is -2.45. The number of nitrogens with zero attached hydrogens (tertiary/aromatic N) is 1. The minimum absolute atomic E-state index is 0.212. The van der Waals surface area contributed by atoms with Crippen LogP contribution in [0.3, 0.4) is 0 Å². The van der Waals surface area contributed by atoms with Crippen LogP contribution in [-0.4, -0.2) is 59.7 Å². The first-order valence-electron chi connectivity index (χ1n) is 6.35. The molecular formula is C13H16ClNO5S. The van der Waals surface area contributed by atoms with Gasteiger partial charge in [0.05, 0.1) is 30.2 Å². The fraction of sp³-hybridized carbons (Fsp3) is 0.462. The molecule has 2 rings (SSSR count). The summed E-state index contributed by atoms with van der Waals surface area (Å²) in [5.74, 6) is -1.64. The molecule has 1 aromatic carbocycles. The lowest BCUT2D eigenvalue weighted by Gasteiger charge is -2.28. The summed E-state index contributed by atoms with van der Waals surface area (Å²) in [4.78, 5) is 12.5. The Hall–Kier alpha value is -1.15. The summed E-state index contributed by atoms with van der Waals surface area (Å²) in [7, 11) is -3.34. The van der Waals surface area contributed by atoms with Crippen LogP contribution in [0.2, 0.25) is 5.02 Å². The Labute approximate surface area is 127 Å². The van der Waals surface area contributed by atoms with Crippen molar-refractivity contribution in [3.05, 3.63) is 34.9 Å². The highest BCUT2D eigenvalue weighted by Gasteiger charge is 2.40. The third kappa shape index (κ3) is 4.41. The number of halogens is 1. The minimum Gasteiger partial charge on any atom is -0.480 e. The molecule has 116 valence electrons. The van der Waals surface area contributed by atoms with Gasteiger partial charge in [-0.05, 0) is 17.7 Å². The maximum absolute atomic E-state index is 11.6. The van der Waals surface area contributed by atoms with E-state index in [2.05, 4.69) is 0 Å². The maximum Gasteiger partial charge on any atom is 0.317 e. The van der Waals surface area contributed by atoms with Gasteiger partial charge in [0, 0.05) is 11.6 Å². The Morgan fingerprint density at radius 3 is 2.62 bits per heavy atom. The Kier molecular flexibility index (Phi) is 4.88. The molecule has 0 saturated carbocycles. The Morgan fingerprint density at radius 1 is 1.38 bits per heavy atom. The second-order valence-corrected chi connectivity index (χ2v) is 7.73.